The van der Waals surface area contributed by atoms with Gasteiger partial charge in [0, 0.05) is 30.3 Å². The minimum atomic E-state index is -0.443. The molecule has 1 fully saturated rings. The van der Waals surface area contributed by atoms with Gasteiger partial charge in [0.15, 0.2) is 0 Å². The summed E-state index contributed by atoms with van der Waals surface area (Å²) in [5.74, 6) is -0.169. The maximum atomic E-state index is 12.7. The van der Waals surface area contributed by atoms with E-state index < -0.39 is 4.92 Å². The van der Waals surface area contributed by atoms with Crippen LogP contribution in [0, 0.1) is 10.1 Å². The molecule has 2 rings (SSSR count). The number of nitro benzene ring substituents is 1. The van der Waals surface area contributed by atoms with Crippen LogP contribution < -0.4 is 5.73 Å². The molecule has 6 nitrogen and oxygen atoms in total. The molecule has 120 valence electrons. The largest absolute Gasteiger partial charge is 0.334 e. The van der Waals surface area contributed by atoms with Crippen LogP contribution in [0.15, 0.2) is 23.1 Å². The molecular weight excluding hydrogens is 302 g/mol. The van der Waals surface area contributed by atoms with Gasteiger partial charge in [0.1, 0.15) is 0 Å². The maximum absolute atomic E-state index is 12.7. The summed E-state index contributed by atoms with van der Waals surface area (Å²) < 4.78 is 0. The second-order valence-corrected chi connectivity index (χ2v) is 6.41. The van der Waals surface area contributed by atoms with Gasteiger partial charge in [-0.05, 0) is 44.6 Å². The fourth-order valence-corrected chi connectivity index (χ4v) is 3.43. The molecule has 0 aromatic heterocycles. The molecule has 22 heavy (non-hydrogen) atoms. The number of piperidine rings is 1. The number of nitro groups is 1. The van der Waals surface area contributed by atoms with Crippen molar-refractivity contribution in [3.63, 3.8) is 0 Å². The molecule has 1 aliphatic heterocycles. The Morgan fingerprint density at radius 1 is 1.50 bits per heavy atom. The fraction of sp³-hybridized carbons (Fsp3) is 0.533. The third-order valence-corrected chi connectivity index (χ3v) is 4.82. The molecule has 2 N–H and O–H groups in total. The van der Waals surface area contributed by atoms with Crippen molar-refractivity contribution in [3.8, 4) is 0 Å². The van der Waals surface area contributed by atoms with Gasteiger partial charge >= 0.3 is 0 Å². The van der Waals surface area contributed by atoms with Gasteiger partial charge in [0.2, 0.25) is 0 Å². The van der Waals surface area contributed by atoms with Gasteiger partial charge in [-0.1, -0.05) is 0 Å². The SMILES string of the molecule is CSc1ccc(C(=O)N2CCCCC2C(C)N)cc1[N+](=O)[O-]. The van der Waals surface area contributed by atoms with Gasteiger partial charge < -0.3 is 10.6 Å². The molecule has 7 heteroatoms. The Balaban J connectivity index is 2.32. The molecule has 1 saturated heterocycles. The zero-order chi connectivity index (χ0) is 16.3. The summed E-state index contributed by atoms with van der Waals surface area (Å²) >= 11 is 1.30. The first-order chi connectivity index (χ1) is 10.5. The number of hydrogen-bond acceptors (Lipinski definition) is 5. The van der Waals surface area contributed by atoms with Crippen molar-refractivity contribution in [1.82, 2.24) is 4.90 Å². The number of amides is 1. The predicted octanol–water partition coefficient (Wildman–Crippen LogP) is 2.66. The first-order valence-electron chi connectivity index (χ1n) is 7.34. The first kappa shape index (κ1) is 16.8. The van der Waals surface area contributed by atoms with Crippen LogP contribution in [-0.4, -0.2) is 40.6 Å². The number of hydrogen-bond donors (Lipinski definition) is 1. The Bertz CT molecular complexity index is 577. The van der Waals surface area contributed by atoms with E-state index in [2.05, 4.69) is 0 Å². The highest BCUT2D eigenvalue weighted by Crippen LogP contribution is 2.30. The van der Waals surface area contributed by atoms with Crippen molar-refractivity contribution in [1.29, 1.82) is 0 Å². The molecule has 1 aromatic carbocycles. The lowest BCUT2D eigenvalue weighted by Gasteiger charge is -2.38. The van der Waals surface area contributed by atoms with Gasteiger partial charge in [-0.25, -0.2) is 0 Å². The molecule has 0 bridgehead atoms. The summed E-state index contributed by atoms with van der Waals surface area (Å²) in [6.07, 6.45) is 4.66. The number of carbonyl (C=O) groups is 1. The van der Waals surface area contributed by atoms with E-state index in [1.807, 2.05) is 6.92 Å². The number of thioether (sulfide) groups is 1. The van der Waals surface area contributed by atoms with Crippen LogP contribution >= 0.6 is 11.8 Å². The standard InChI is InChI=1S/C15H21N3O3S/c1-10(16)12-5-3-4-8-17(12)15(19)11-6-7-14(22-2)13(9-11)18(20)21/h6-7,9-10,12H,3-5,8,16H2,1-2H3. The minimum Gasteiger partial charge on any atom is -0.334 e. The number of carbonyl (C=O) groups excluding carboxylic acids is 1. The summed E-state index contributed by atoms with van der Waals surface area (Å²) in [6.45, 7) is 2.55. The molecule has 1 aromatic rings. The van der Waals surface area contributed by atoms with Crippen LogP contribution in [0.5, 0.6) is 0 Å². The first-order valence-corrected chi connectivity index (χ1v) is 8.57. The smallest absolute Gasteiger partial charge is 0.283 e. The quantitative estimate of drug-likeness (QED) is 0.523. The van der Waals surface area contributed by atoms with E-state index in [0.717, 1.165) is 19.3 Å². The second kappa shape index (κ2) is 7.11. The minimum absolute atomic E-state index is 0.000493. The lowest BCUT2D eigenvalue weighted by atomic mass is 9.96. The molecular formula is C15H21N3O3S. The van der Waals surface area contributed by atoms with E-state index in [9.17, 15) is 14.9 Å². The second-order valence-electron chi connectivity index (χ2n) is 5.56. The van der Waals surface area contributed by atoms with Crippen molar-refractivity contribution in [2.24, 2.45) is 5.73 Å². The number of likely N-dealkylation sites (tertiary alicyclic amines) is 1. The van der Waals surface area contributed by atoms with Crippen molar-refractivity contribution < 1.29 is 9.72 Å². The van der Waals surface area contributed by atoms with Gasteiger partial charge in [-0.2, -0.15) is 0 Å². The Labute approximate surface area is 134 Å². The number of benzene rings is 1. The van der Waals surface area contributed by atoms with Crippen LogP contribution in [-0.2, 0) is 0 Å². The average Bonchev–Trinajstić information content (AvgIpc) is 2.53. The number of nitrogens with zero attached hydrogens (tertiary/aromatic N) is 2. The third-order valence-electron chi connectivity index (χ3n) is 4.04. The van der Waals surface area contributed by atoms with Gasteiger partial charge in [-0.3, -0.25) is 14.9 Å². The van der Waals surface area contributed by atoms with Crippen molar-refractivity contribution in [2.75, 3.05) is 12.8 Å². The Morgan fingerprint density at radius 2 is 2.23 bits per heavy atom. The van der Waals surface area contributed by atoms with Crippen LogP contribution in [0.4, 0.5) is 5.69 Å². The maximum Gasteiger partial charge on any atom is 0.283 e. The molecule has 1 aliphatic rings. The van der Waals surface area contributed by atoms with Crippen molar-refractivity contribution in [3.05, 3.63) is 33.9 Å². The van der Waals surface area contributed by atoms with Crippen LogP contribution in [0.3, 0.4) is 0 Å². The number of nitrogens with two attached hydrogens (primary N) is 1. The zero-order valence-corrected chi connectivity index (χ0v) is 13.6. The molecule has 0 aliphatic carbocycles. The lowest BCUT2D eigenvalue weighted by molar-refractivity contribution is -0.387. The van der Waals surface area contributed by atoms with Gasteiger partial charge in [0.25, 0.3) is 11.6 Å². The fourth-order valence-electron chi connectivity index (χ4n) is 2.89. The van der Waals surface area contributed by atoms with Crippen molar-refractivity contribution in [2.45, 2.75) is 43.2 Å². The van der Waals surface area contributed by atoms with E-state index in [1.165, 1.54) is 17.8 Å². The normalized spacial score (nSPS) is 19.8. The summed E-state index contributed by atoms with van der Waals surface area (Å²) in [4.78, 5) is 25.8. The van der Waals surface area contributed by atoms with Crippen LogP contribution in [0.25, 0.3) is 0 Å². The van der Waals surface area contributed by atoms with Crippen LogP contribution in [0.1, 0.15) is 36.5 Å². The highest BCUT2D eigenvalue weighted by atomic mass is 32.2. The van der Waals surface area contributed by atoms with E-state index in [-0.39, 0.29) is 23.7 Å². The molecule has 0 radical (unpaired) electrons. The molecule has 2 atom stereocenters. The molecule has 0 saturated carbocycles. The molecule has 2 unspecified atom stereocenters. The summed E-state index contributed by atoms with van der Waals surface area (Å²) in [7, 11) is 0. The Morgan fingerprint density at radius 3 is 2.82 bits per heavy atom. The van der Waals surface area contributed by atoms with E-state index >= 15 is 0 Å². The topological polar surface area (TPSA) is 89.5 Å². The summed E-state index contributed by atoms with van der Waals surface area (Å²) in [6, 6.07) is 4.57. The number of rotatable bonds is 4. The lowest BCUT2D eigenvalue weighted by Crippen LogP contribution is -2.51. The Hall–Kier alpha value is -1.60. The van der Waals surface area contributed by atoms with E-state index in [1.54, 1.807) is 23.3 Å². The zero-order valence-electron chi connectivity index (χ0n) is 12.8. The van der Waals surface area contributed by atoms with Gasteiger partial charge in [0.05, 0.1) is 9.82 Å². The van der Waals surface area contributed by atoms with Crippen LogP contribution in [0.2, 0.25) is 0 Å². The molecule has 1 amide bonds. The van der Waals surface area contributed by atoms with E-state index in [4.69, 9.17) is 5.73 Å². The Kier molecular flexibility index (Phi) is 5.42. The summed E-state index contributed by atoms with van der Waals surface area (Å²) in [5.41, 5.74) is 6.33. The van der Waals surface area contributed by atoms with Gasteiger partial charge in [-0.15, -0.1) is 11.8 Å². The molecule has 1 heterocycles. The highest BCUT2D eigenvalue weighted by molar-refractivity contribution is 7.98. The van der Waals surface area contributed by atoms with E-state index in [0.29, 0.717) is 17.0 Å². The highest BCUT2D eigenvalue weighted by Gasteiger charge is 2.30. The summed E-state index contributed by atoms with van der Waals surface area (Å²) in [5, 5.41) is 11.2. The third kappa shape index (κ3) is 3.41. The average molecular weight is 323 g/mol. The predicted molar refractivity (Wildman–Crippen MR) is 87.2 cm³/mol. The monoisotopic (exact) mass is 323 g/mol. The van der Waals surface area contributed by atoms with Crippen molar-refractivity contribution >= 4 is 23.4 Å². The molecule has 0 spiro atoms.